The fourth-order valence-electron chi connectivity index (χ4n) is 1.71. The third-order valence-electron chi connectivity index (χ3n) is 2.79. The summed E-state index contributed by atoms with van der Waals surface area (Å²) < 4.78 is 5.31. The van der Waals surface area contributed by atoms with Crippen LogP contribution in [0.4, 0.5) is 0 Å². The van der Waals surface area contributed by atoms with E-state index < -0.39 is 0 Å². The summed E-state index contributed by atoms with van der Waals surface area (Å²) in [5.74, 6) is 5.57. The molecule has 0 amide bonds. The minimum Gasteiger partial charge on any atom is -0.380 e. The highest BCUT2D eigenvalue weighted by atomic mass is 16.5. The number of hydrazine groups is 1. The minimum atomic E-state index is 0.0369. The average molecular weight is 208 g/mol. The Morgan fingerprint density at radius 2 is 2.00 bits per heavy atom. The Kier molecular flexibility index (Phi) is 4.27. The first-order chi connectivity index (χ1) is 7.10. The topological polar surface area (TPSA) is 47.3 Å². The van der Waals surface area contributed by atoms with Crippen molar-refractivity contribution in [1.82, 2.24) is 5.43 Å². The van der Waals surface area contributed by atoms with E-state index in [1.54, 1.807) is 7.11 Å². The molecule has 0 aromatic heterocycles. The number of benzene rings is 1. The molecule has 0 fully saturated rings. The first-order valence-corrected chi connectivity index (χ1v) is 5.16. The second-order valence-electron chi connectivity index (χ2n) is 3.95. The van der Waals surface area contributed by atoms with Gasteiger partial charge >= 0.3 is 0 Å². The number of nitrogens with one attached hydrogen (secondary N) is 1. The Balaban J connectivity index is 3.05. The van der Waals surface area contributed by atoms with Crippen molar-refractivity contribution in [2.75, 3.05) is 7.11 Å². The molecule has 15 heavy (non-hydrogen) atoms. The highest BCUT2D eigenvalue weighted by molar-refractivity contribution is 5.33. The van der Waals surface area contributed by atoms with E-state index in [0.717, 1.165) is 0 Å². The molecule has 84 valence electrons. The number of aryl methyl sites for hydroxylation is 2. The molecule has 1 rings (SSSR count). The number of ether oxygens (including phenoxy) is 1. The summed E-state index contributed by atoms with van der Waals surface area (Å²) in [6, 6.07) is 6.39. The molecule has 2 atom stereocenters. The van der Waals surface area contributed by atoms with E-state index in [-0.39, 0.29) is 12.1 Å². The van der Waals surface area contributed by atoms with E-state index in [0.29, 0.717) is 0 Å². The average Bonchev–Trinajstić information content (AvgIpc) is 2.23. The Bertz CT molecular complexity index is 325. The first kappa shape index (κ1) is 12.2. The van der Waals surface area contributed by atoms with Crippen molar-refractivity contribution in [2.45, 2.75) is 32.9 Å². The lowest BCUT2D eigenvalue weighted by Gasteiger charge is -2.24. The number of hydrogen-bond acceptors (Lipinski definition) is 3. The molecule has 0 aliphatic rings. The fourth-order valence-corrected chi connectivity index (χ4v) is 1.71. The van der Waals surface area contributed by atoms with Crippen molar-refractivity contribution in [3.8, 4) is 0 Å². The van der Waals surface area contributed by atoms with Crippen LogP contribution in [-0.4, -0.2) is 13.2 Å². The lowest BCUT2D eigenvalue weighted by atomic mass is 9.96. The molecule has 0 aliphatic heterocycles. The maximum Gasteiger partial charge on any atom is 0.0750 e. The fraction of sp³-hybridized carbons (Fsp3) is 0.500. The quantitative estimate of drug-likeness (QED) is 0.586. The van der Waals surface area contributed by atoms with Crippen LogP contribution in [0.15, 0.2) is 18.2 Å². The molecule has 1 aromatic rings. The molecule has 0 saturated carbocycles. The zero-order chi connectivity index (χ0) is 11.4. The molecule has 0 heterocycles. The third kappa shape index (κ3) is 2.78. The van der Waals surface area contributed by atoms with Crippen LogP contribution in [0.2, 0.25) is 0 Å². The highest BCUT2D eigenvalue weighted by Crippen LogP contribution is 2.22. The van der Waals surface area contributed by atoms with E-state index in [1.807, 2.05) is 6.92 Å². The largest absolute Gasteiger partial charge is 0.380 e. The van der Waals surface area contributed by atoms with Gasteiger partial charge in [0.1, 0.15) is 0 Å². The van der Waals surface area contributed by atoms with E-state index in [1.165, 1.54) is 16.7 Å². The molecular weight excluding hydrogens is 188 g/mol. The standard InChI is InChI=1S/C12H20N2O/c1-8-5-6-9(2)11(7-8)12(14-13)10(3)15-4/h5-7,10,12,14H,13H2,1-4H3. The van der Waals surface area contributed by atoms with Crippen molar-refractivity contribution in [3.63, 3.8) is 0 Å². The Labute approximate surface area is 91.6 Å². The van der Waals surface area contributed by atoms with Gasteiger partial charge in [0.15, 0.2) is 0 Å². The summed E-state index contributed by atoms with van der Waals surface area (Å²) in [6.45, 7) is 6.17. The van der Waals surface area contributed by atoms with Crippen molar-refractivity contribution in [3.05, 3.63) is 34.9 Å². The van der Waals surface area contributed by atoms with Crippen LogP contribution < -0.4 is 11.3 Å². The van der Waals surface area contributed by atoms with Crippen molar-refractivity contribution in [1.29, 1.82) is 0 Å². The summed E-state index contributed by atoms with van der Waals surface area (Å²) in [6.07, 6.45) is 0.0514. The van der Waals surface area contributed by atoms with E-state index in [9.17, 15) is 0 Å². The molecular formula is C12H20N2O. The number of nitrogens with two attached hydrogens (primary N) is 1. The summed E-state index contributed by atoms with van der Waals surface area (Å²) in [7, 11) is 1.69. The van der Waals surface area contributed by atoms with Gasteiger partial charge < -0.3 is 4.74 Å². The van der Waals surface area contributed by atoms with Crippen LogP contribution in [0.3, 0.4) is 0 Å². The molecule has 3 N–H and O–H groups in total. The number of rotatable bonds is 4. The lowest BCUT2D eigenvalue weighted by Crippen LogP contribution is -2.36. The maximum absolute atomic E-state index is 5.57. The van der Waals surface area contributed by atoms with Gasteiger partial charge in [-0.3, -0.25) is 11.3 Å². The van der Waals surface area contributed by atoms with Gasteiger partial charge in [-0.25, -0.2) is 0 Å². The van der Waals surface area contributed by atoms with Gasteiger partial charge in [-0.15, -0.1) is 0 Å². The van der Waals surface area contributed by atoms with Crippen LogP contribution in [0, 0.1) is 13.8 Å². The van der Waals surface area contributed by atoms with Gasteiger partial charge in [0.2, 0.25) is 0 Å². The Morgan fingerprint density at radius 1 is 1.33 bits per heavy atom. The second-order valence-corrected chi connectivity index (χ2v) is 3.95. The predicted molar refractivity (Wildman–Crippen MR) is 62.5 cm³/mol. The zero-order valence-corrected chi connectivity index (χ0v) is 9.87. The summed E-state index contributed by atoms with van der Waals surface area (Å²) in [4.78, 5) is 0. The van der Waals surface area contributed by atoms with Crippen LogP contribution in [-0.2, 0) is 4.74 Å². The van der Waals surface area contributed by atoms with Gasteiger partial charge in [-0.2, -0.15) is 0 Å². The molecule has 0 bridgehead atoms. The van der Waals surface area contributed by atoms with E-state index >= 15 is 0 Å². The number of hydrogen-bond donors (Lipinski definition) is 2. The van der Waals surface area contributed by atoms with E-state index in [4.69, 9.17) is 10.6 Å². The molecule has 0 radical (unpaired) electrons. The monoisotopic (exact) mass is 208 g/mol. The van der Waals surface area contributed by atoms with Gasteiger partial charge in [0.25, 0.3) is 0 Å². The minimum absolute atomic E-state index is 0.0369. The maximum atomic E-state index is 5.57. The third-order valence-corrected chi connectivity index (χ3v) is 2.79. The lowest BCUT2D eigenvalue weighted by molar-refractivity contribution is 0.0828. The van der Waals surface area contributed by atoms with Gasteiger partial charge in [-0.05, 0) is 31.9 Å². The van der Waals surface area contributed by atoms with Crippen molar-refractivity contribution >= 4 is 0 Å². The molecule has 3 heteroatoms. The second kappa shape index (κ2) is 5.26. The Morgan fingerprint density at radius 3 is 2.53 bits per heavy atom. The number of methoxy groups -OCH3 is 1. The van der Waals surface area contributed by atoms with Gasteiger partial charge in [0.05, 0.1) is 12.1 Å². The summed E-state index contributed by atoms with van der Waals surface area (Å²) in [5.41, 5.74) is 6.48. The molecule has 3 nitrogen and oxygen atoms in total. The van der Waals surface area contributed by atoms with Crippen molar-refractivity contribution in [2.24, 2.45) is 5.84 Å². The first-order valence-electron chi connectivity index (χ1n) is 5.16. The normalized spacial score (nSPS) is 15.0. The molecule has 0 saturated heterocycles. The van der Waals surface area contributed by atoms with Gasteiger partial charge in [-0.1, -0.05) is 23.8 Å². The van der Waals surface area contributed by atoms with Crippen molar-refractivity contribution < 1.29 is 4.74 Å². The smallest absolute Gasteiger partial charge is 0.0750 e. The molecule has 1 aromatic carbocycles. The SMILES string of the molecule is COC(C)C(NN)c1cc(C)ccc1C. The summed E-state index contributed by atoms with van der Waals surface area (Å²) >= 11 is 0. The van der Waals surface area contributed by atoms with Crippen LogP contribution in [0.25, 0.3) is 0 Å². The highest BCUT2D eigenvalue weighted by Gasteiger charge is 2.19. The van der Waals surface area contributed by atoms with Crippen LogP contribution in [0.5, 0.6) is 0 Å². The molecule has 2 unspecified atom stereocenters. The van der Waals surface area contributed by atoms with E-state index in [2.05, 4.69) is 37.5 Å². The molecule has 0 aliphatic carbocycles. The molecule has 0 spiro atoms. The van der Waals surface area contributed by atoms with Gasteiger partial charge in [0, 0.05) is 7.11 Å². The summed E-state index contributed by atoms with van der Waals surface area (Å²) in [5, 5.41) is 0. The van der Waals surface area contributed by atoms with Crippen LogP contribution in [0.1, 0.15) is 29.7 Å². The zero-order valence-electron chi connectivity index (χ0n) is 9.87. The Hall–Kier alpha value is -0.900. The van der Waals surface area contributed by atoms with Crippen LogP contribution >= 0.6 is 0 Å². The predicted octanol–water partition coefficient (Wildman–Crippen LogP) is 1.84.